The summed E-state index contributed by atoms with van der Waals surface area (Å²) in [4.78, 5) is 16.3. The van der Waals surface area contributed by atoms with Crippen molar-refractivity contribution in [2.75, 3.05) is 0 Å². The van der Waals surface area contributed by atoms with Crippen LogP contribution in [0.2, 0.25) is 0 Å². The van der Waals surface area contributed by atoms with Crippen molar-refractivity contribution in [1.82, 2.24) is 9.55 Å². The molecule has 0 fully saturated rings. The van der Waals surface area contributed by atoms with Gasteiger partial charge in [-0.15, -0.1) is 0 Å². The minimum absolute atomic E-state index is 0.117. The first-order valence-electron chi connectivity index (χ1n) is 5.50. The number of para-hydroxylation sites is 2. The number of aliphatic hydroxyl groups excluding tert-OH is 1. The summed E-state index contributed by atoms with van der Waals surface area (Å²) < 4.78 is -0.388. The van der Waals surface area contributed by atoms with Crippen LogP contribution >= 0.6 is 34.8 Å². The molecule has 102 valence electrons. The lowest BCUT2D eigenvalue weighted by atomic mass is 10.2. The fourth-order valence-corrected chi connectivity index (χ4v) is 2.00. The second-order valence-electron chi connectivity index (χ2n) is 4.17. The summed E-state index contributed by atoms with van der Waals surface area (Å²) in [5.41, 5.74) is 1.21. The quantitative estimate of drug-likeness (QED) is 0.863. The monoisotopic (exact) mass is 320 g/mol. The summed E-state index contributed by atoms with van der Waals surface area (Å²) in [5.74, 6) is 0. The molecule has 1 aromatic carbocycles. The molecular weight excluding hydrogens is 311 g/mol. The number of benzene rings is 1. The minimum Gasteiger partial charge on any atom is -0.388 e. The van der Waals surface area contributed by atoms with Crippen molar-refractivity contribution in [1.29, 1.82) is 0 Å². The second-order valence-corrected chi connectivity index (χ2v) is 6.54. The molecule has 4 nitrogen and oxygen atoms in total. The summed E-state index contributed by atoms with van der Waals surface area (Å²) in [5, 5.41) is 9.74. The van der Waals surface area contributed by atoms with Crippen LogP contribution in [0.5, 0.6) is 0 Å². The number of alkyl halides is 3. The summed E-state index contributed by atoms with van der Waals surface area (Å²) >= 11 is 16.8. The molecule has 0 bridgehead atoms. The first-order valence-corrected chi connectivity index (χ1v) is 6.63. The molecule has 0 aliphatic heterocycles. The van der Waals surface area contributed by atoms with E-state index in [1.165, 1.54) is 4.57 Å². The molecule has 1 N–H and O–H groups in total. The van der Waals surface area contributed by atoms with Crippen molar-refractivity contribution in [2.24, 2.45) is 7.05 Å². The van der Waals surface area contributed by atoms with Gasteiger partial charge in [0.15, 0.2) is 0 Å². The second kappa shape index (κ2) is 5.29. The van der Waals surface area contributed by atoms with Gasteiger partial charge in [0.2, 0.25) is 3.79 Å². The van der Waals surface area contributed by atoms with E-state index >= 15 is 0 Å². The van der Waals surface area contributed by atoms with Crippen molar-refractivity contribution in [3.63, 3.8) is 0 Å². The Labute approximate surface area is 124 Å². The smallest absolute Gasteiger partial charge is 0.272 e. The number of aromatic nitrogens is 2. The summed E-state index contributed by atoms with van der Waals surface area (Å²) in [6, 6.07) is 7.20. The van der Waals surface area contributed by atoms with E-state index in [9.17, 15) is 9.90 Å². The molecule has 19 heavy (non-hydrogen) atoms. The summed E-state index contributed by atoms with van der Waals surface area (Å²) in [7, 11) is 1.64. The standard InChI is InChI=1S/C12H11Cl3N2O2/c1-17-9-5-3-2-4-7(9)16-8(11(17)19)6-10(18)12(13,14)15/h2-5,10,18H,6H2,1H3. The van der Waals surface area contributed by atoms with E-state index in [2.05, 4.69) is 4.98 Å². The highest BCUT2D eigenvalue weighted by Gasteiger charge is 2.32. The van der Waals surface area contributed by atoms with E-state index in [1.54, 1.807) is 19.2 Å². The molecule has 1 unspecified atom stereocenters. The lowest BCUT2D eigenvalue weighted by Crippen LogP contribution is -2.32. The van der Waals surface area contributed by atoms with Gasteiger partial charge in [0.1, 0.15) is 11.8 Å². The van der Waals surface area contributed by atoms with Crippen LogP contribution in [-0.2, 0) is 13.5 Å². The van der Waals surface area contributed by atoms with Gasteiger partial charge in [0.25, 0.3) is 5.56 Å². The molecule has 2 rings (SSSR count). The molecule has 0 radical (unpaired) electrons. The maximum absolute atomic E-state index is 12.1. The third-order valence-electron chi connectivity index (χ3n) is 2.81. The minimum atomic E-state index is -1.85. The van der Waals surface area contributed by atoms with Crippen LogP contribution in [0.4, 0.5) is 0 Å². The van der Waals surface area contributed by atoms with Gasteiger partial charge in [-0.3, -0.25) is 4.79 Å². The molecule has 0 aliphatic rings. The van der Waals surface area contributed by atoms with E-state index in [4.69, 9.17) is 34.8 Å². The molecule has 1 atom stereocenters. The fourth-order valence-electron chi connectivity index (χ4n) is 1.77. The fraction of sp³-hybridized carbons (Fsp3) is 0.333. The highest BCUT2D eigenvalue weighted by atomic mass is 35.6. The zero-order valence-electron chi connectivity index (χ0n) is 9.98. The summed E-state index contributed by atoms with van der Waals surface area (Å²) in [6.45, 7) is 0. The maximum Gasteiger partial charge on any atom is 0.272 e. The van der Waals surface area contributed by atoms with Crippen molar-refractivity contribution >= 4 is 45.8 Å². The number of aryl methyl sites for hydroxylation is 1. The Balaban J connectivity index is 2.51. The summed E-state index contributed by atoms with van der Waals surface area (Å²) in [6.07, 6.45) is -1.41. The molecule has 0 aliphatic carbocycles. The lowest BCUT2D eigenvalue weighted by Gasteiger charge is -2.18. The Morgan fingerprint density at radius 3 is 2.63 bits per heavy atom. The molecule has 1 heterocycles. The third-order valence-corrected chi connectivity index (χ3v) is 3.57. The number of rotatable bonds is 2. The molecule has 0 amide bonds. The van der Waals surface area contributed by atoms with Crippen molar-refractivity contribution < 1.29 is 5.11 Å². The Morgan fingerprint density at radius 2 is 2.00 bits per heavy atom. The SMILES string of the molecule is Cn1c(=O)c(CC(O)C(Cl)(Cl)Cl)nc2ccccc21. The van der Waals surface area contributed by atoms with Gasteiger partial charge >= 0.3 is 0 Å². The molecule has 7 heteroatoms. The Bertz CT molecular complexity index is 664. The van der Waals surface area contributed by atoms with Gasteiger partial charge in [-0.2, -0.15) is 0 Å². The van der Waals surface area contributed by atoms with Crippen LogP contribution in [0, 0.1) is 0 Å². The molecule has 0 spiro atoms. The average molecular weight is 322 g/mol. The molecule has 2 aromatic rings. The van der Waals surface area contributed by atoms with Gasteiger partial charge in [0.05, 0.1) is 11.0 Å². The number of nitrogens with zero attached hydrogens (tertiary/aromatic N) is 2. The van der Waals surface area contributed by atoms with E-state index in [0.717, 1.165) is 0 Å². The van der Waals surface area contributed by atoms with Crippen LogP contribution in [0.25, 0.3) is 11.0 Å². The zero-order valence-corrected chi connectivity index (χ0v) is 12.2. The van der Waals surface area contributed by atoms with Crippen LogP contribution in [-0.4, -0.2) is 24.6 Å². The molecular formula is C12H11Cl3N2O2. The molecule has 1 aromatic heterocycles. The number of hydrogen-bond acceptors (Lipinski definition) is 3. The molecule has 0 saturated carbocycles. The van der Waals surface area contributed by atoms with Crippen LogP contribution in [0.1, 0.15) is 5.69 Å². The predicted octanol–water partition coefficient (Wildman–Crippen LogP) is 2.21. The van der Waals surface area contributed by atoms with E-state index in [-0.39, 0.29) is 17.7 Å². The van der Waals surface area contributed by atoms with E-state index in [1.807, 2.05) is 12.1 Å². The largest absolute Gasteiger partial charge is 0.388 e. The van der Waals surface area contributed by atoms with Gasteiger partial charge in [-0.1, -0.05) is 46.9 Å². The highest BCUT2D eigenvalue weighted by molar-refractivity contribution is 6.68. The molecule has 0 saturated heterocycles. The van der Waals surface area contributed by atoms with Crippen molar-refractivity contribution in [3.05, 3.63) is 40.3 Å². The van der Waals surface area contributed by atoms with Gasteiger partial charge in [-0.05, 0) is 12.1 Å². The van der Waals surface area contributed by atoms with Gasteiger partial charge in [0, 0.05) is 13.5 Å². The van der Waals surface area contributed by atoms with Crippen LogP contribution in [0.15, 0.2) is 29.1 Å². The third kappa shape index (κ3) is 3.03. The van der Waals surface area contributed by atoms with E-state index < -0.39 is 9.90 Å². The van der Waals surface area contributed by atoms with Gasteiger partial charge < -0.3 is 9.67 Å². The van der Waals surface area contributed by atoms with Crippen molar-refractivity contribution in [3.8, 4) is 0 Å². The number of hydrogen-bond donors (Lipinski definition) is 1. The first kappa shape index (κ1) is 14.6. The van der Waals surface area contributed by atoms with Crippen molar-refractivity contribution in [2.45, 2.75) is 16.3 Å². The first-order chi connectivity index (χ1) is 8.80. The normalized spacial score (nSPS) is 13.7. The highest BCUT2D eigenvalue weighted by Crippen LogP contribution is 2.31. The van der Waals surface area contributed by atoms with Gasteiger partial charge in [-0.25, -0.2) is 4.98 Å². The Morgan fingerprint density at radius 1 is 1.37 bits per heavy atom. The van der Waals surface area contributed by atoms with Crippen LogP contribution in [0.3, 0.4) is 0 Å². The lowest BCUT2D eigenvalue weighted by molar-refractivity contribution is 0.177. The average Bonchev–Trinajstić information content (AvgIpc) is 2.34. The number of halogens is 3. The predicted molar refractivity (Wildman–Crippen MR) is 77.0 cm³/mol. The Kier molecular flexibility index (Phi) is 4.06. The topological polar surface area (TPSA) is 55.1 Å². The number of aliphatic hydroxyl groups is 1. The van der Waals surface area contributed by atoms with Crippen LogP contribution < -0.4 is 5.56 Å². The zero-order chi connectivity index (χ0) is 14.2. The van der Waals surface area contributed by atoms with E-state index in [0.29, 0.717) is 11.0 Å². The maximum atomic E-state index is 12.1. The Hall–Kier alpha value is -0.810. The number of fused-ring (bicyclic) bond motifs is 1.